The van der Waals surface area contributed by atoms with Gasteiger partial charge in [-0.2, -0.15) is 11.8 Å². The number of thiazole rings is 1. The van der Waals surface area contributed by atoms with Crippen LogP contribution in [0.1, 0.15) is 18.7 Å². The molecule has 0 spiro atoms. The van der Waals surface area contributed by atoms with Crippen LogP contribution in [0.3, 0.4) is 0 Å². The zero-order valence-corrected chi connectivity index (χ0v) is 14.1. The van der Waals surface area contributed by atoms with Crippen LogP contribution in [0.2, 0.25) is 0 Å². The average Bonchev–Trinajstić information content (AvgIpc) is 2.95. The molecule has 1 saturated heterocycles. The van der Waals surface area contributed by atoms with Gasteiger partial charge >= 0.3 is 0 Å². The number of nitrogens with zero attached hydrogens (tertiary/aromatic N) is 2. The number of hydrogen-bond acceptors (Lipinski definition) is 5. The minimum Gasteiger partial charge on any atom is -0.343 e. The summed E-state index contributed by atoms with van der Waals surface area (Å²) in [6.45, 7) is 6.22. The van der Waals surface area contributed by atoms with Gasteiger partial charge in [-0.15, -0.1) is 0 Å². The molecule has 5 heteroatoms. The SMILES string of the molecule is CC1SCCN(c2nc(-c3ccccc3)c(CN)s2)C1C. The van der Waals surface area contributed by atoms with Crippen molar-refractivity contribution in [1.82, 2.24) is 4.98 Å². The van der Waals surface area contributed by atoms with Crippen molar-refractivity contribution in [3.63, 3.8) is 0 Å². The first-order chi connectivity index (χ1) is 10.2. The summed E-state index contributed by atoms with van der Waals surface area (Å²) in [6, 6.07) is 10.9. The molecular weight excluding hydrogens is 298 g/mol. The molecule has 3 rings (SSSR count). The van der Waals surface area contributed by atoms with Crippen molar-refractivity contribution in [2.24, 2.45) is 5.73 Å². The third kappa shape index (κ3) is 2.96. The van der Waals surface area contributed by atoms with Crippen LogP contribution in [-0.4, -0.2) is 28.6 Å². The Bertz CT molecular complexity index is 597. The first kappa shape index (κ1) is 14.9. The molecule has 1 aliphatic heterocycles. The monoisotopic (exact) mass is 319 g/mol. The second-order valence-corrected chi connectivity index (χ2v) is 7.90. The Balaban J connectivity index is 1.96. The fraction of sp³-hybridized carbons (Fsp3) is 0.438. The van der Waals surface area contributed by atoms with Crippen LogP contribution in [0.25, 0.3) is 11.3 Å². The Kier molecular flexibility index (Phi) is 4.52. The summed E-state index contributed by atoms with van der Waals surface area (Å²) in [7, 11) is 0. The highest BCUT2D eigenvalue weighted by molar-refractivity contribution is 8.00. The molecule has 3 nitrogen and oxygen atoms in total. The van der Waals surface area contributed by atoms with Crippen molar-refractivity contribution in [3.05, 3.63) is 35.2 Å². The summed E-state index contributed by atoms with van der Waals surface area (Å²) in [5, 5.41) is 1.76. The van der Waals surface area contributed by atoms with Gasteiger partial charge in [0, 0.05) is 40.6 Å². The van der Waals surface area contributed by atoms with E-state index >= 15 is 0 Å². The molecule has 0 radical (unpaired) electrons. The Morgan fingerprint density at radius 3 is 2.76 bits per heavy atom. The van der Waals surface area contributed by atoms with Crippen molar-refractivity contribution in [2.75, 3.05) is 17.2 Å². The molecule has 0 aliphatic carbocycles. The van der Waals surface area contributed by atoms with Gasteiger partial charge in [-0.1, -0.05) is 48.6 Å². The van der Waals surface area contributed by atoms with Gasteiger partial charge in [-0.05, 0) is 6.92 Å². The Labute approximate surface area is 134 Å². The Morgan fingerprint density at radius 2 is 2.05 bits per heavy atom. The number of anilines is 1. The maximum atomic E-state index is 5.94. The van der Waals surface area contributed by atoms with E-state index in [1.807, 2.05) is 17.8 Å². The molecular formula is C16H21N3S2. The lowest BCUT2D eigenvalue weighted by molar-refractivity contribution is 0.626. The third-order valence-electron chi connectivity index (χ3n) is 4.05. The highest BCUT2D eigenvalue weighted by atomic mass is 32.2. The summed E-state index contributed by atoms with van der Waals surface area (Å²) in [6.07, 6.45) is 0. The smallest absolute Gasteiger partial charge is 0.186 e. The number of hydrogen-bond donors (Lipinski definition) is 1. The summed E-state index contributed by atoms with van der Waals surface area (Å²) in [5.74, 6) is 1.17. The molecule has 0 saturated carbocycles. The van der Waals surface area contributed by atoms with Crippen LogP contribution in [0.5, 0.6) is 0 Å². The van der Waals surface area contributed by atoms with Crippen LogP contribution < -0.4 is 10.6 Å². The van der Waals surface area contributed by atoms with Gasteiger partial charge < -0.3 is 10.6 Å². The number of benzene rings is 1. The maximum Gasteiger partial charge on any atom is 0.186 e. The summed E-state index contributed by atoms with van der Waals surface area (Å²) >= 11 is 3.80. The number of nitrogens with two attached hydrogens (primary N) is 1. The fourth-order valence-corrected chi connectivity index (χ4v) is 4.80. The van der Waals surface area contributed by atoms with E-state index in [2.05, 4.69) is 43.0 Å². The molecule has 112 valence electrons. The molecule has 1 aliphatic rings. The van der Waals surface area contributed by atoms with Gasteiger partial charge in [0.2, 0.25) is 0 Å². The quantitative estimate of drug-likeness (QED) is 0.938. The highest BCUT2D eigenvalue weighted by Crippen LogP contribution is 2.36. The molecule has 0 bridgehead atoms. The highest BCUT2D eigenvalue weighted by Gasteiger charge is 2.28. The molecule has 1 aromatic carbocycles. The number of aromatic nitrogens is 1. The molecule has 2 heterocycles. The van der Waals surface area contributed by atoms with Gasteiger partial charge in [0.25, 0.3) is 0 Å². The molecule has 21 heavy (non-hydrogen) atoms. The van der Waals surface area contributed by atoms with Crippen molar-refractivity contribution in [2.45, 2.75) is 31.7 Å². The largest absolute Gasteiger partial charge is 0.343 e. The van der Waals surface area contributed by atoms with Gasteiger partial charge in [0.1, 0.15) is 0 Å². The standard InChI is InChI=1S/C16H21N3S2/c1-11-12(2)20-9-8-19(11)16-18-15(14(10-17)21-16)13-6-4-3-5-7-13/h3-7,11-12H,8-10,17H2,1-2H3. The van der Waals surface area contributed by atoms with Crippen molar-refractivity contribution >= 4 is 28.2 Å². The van der Waals surface area contributed by atoms with E-state index in [1.54, 1.807) is 11.3 Å². The second-order valence-electron chi connectivity index (χ2n) is 5.35. The molecule has 1 fully saturated rings. The topological polar surface area (TPSA) is 42.2 Å². The third-order valence-corrected chi connectivity index (χ3v) is 6.50. The van der Waals surface area contributed by atoms with Gasteiger partial charge in [0.15, 0.2) is 5.13 Å². The predicted molar refractivity (Wildman–Crippen MR) is 94.2 cm³/mol. The second kappa shape index (κ2) is 6.38. The summed E-state index contributed by atoms with van der Waals surface area (Å²) < 4.78 is 0. The molecule has 2 aromatic rings. The van der Waals surface area contributed by atoms with Crippen LogP contribution in [-0.2, 0) is 6.54 Å². The minimum atomic E-state index is 0.518. The zero-order valence-electron chi connectivity index (χ0n) is 12.5. The van der Waals surface area contributed by atoms with Crippen LogP contribution in [0, 0.1) is 0 Å². The van der Waals surface area contributed by atoms with Crippen LogP contribution in [0.4, 0.5) is 5.13 Å². The first-order valence-corrected chi connectivity index (χ1v) is 9.20. The van der Waals surface area contributed by atoms with Crippen molar-refractivity contribution < 1.29 is 0 Å². The molecule has 2 N–H and O–H groups in total. The lowest BCUT2D eigenvalue weighted by atomic mass is 10.1. The van der Waals surface area contributed by atoms with E-state index in [4.69, 9.17) is 10.7 Å². The van der Waals surface area contributed by atoms with E-state index < -0.39 is 0 Å². The average molecular weight is 319 g/mol. The lowest BCUT2D eigenvalue weighted by Crippen LogP contribution is -2.44. The van der Waals surface area contributed by atoms with E-state index in [0.717, 1.165) is 22.9 Å². The molecule has 1 aromatic heterocycles. The van der Waals surface area contributed by atoms with E-state index in [0.29, 0.717) is 17.8 Å². The normalized spacial score (nSPS) is 22.5. The van der Waals surface area contributed by atoms with Crippen LogP contribution in [0.15, 0.2) is 30.3 Å². The molecule has 0 amide bonds. The number of rotatable bonds is 3. The number of thioether (sulfide) groups is 1. The van der Waals surface area contributed by atoms with Gasteiger partial charge in [-0.3, -0.25) is 0 Å². The lowest BCUT2D eigenvalue weighted by Gasteiger charge is -2.37. The van der Waals surface area contributed by atoms with Crippen molar-refractivity contribution in [1.29, 1.82) is 0 Å². The van der Waals surface area contributed by atoms with Crippen molar-refractivity contribution in [3.8, 4) is 11.3 Å². The van der Waals surface area contributed by atoms with Crippen LogP contribution >= 0.6 is 23.1 Å². The maximum absolute atomic E-state index is 5.94. The summed E-state index contributed by atoms with van der Waals surface area (Å²) in [4.78, 5) is 8.53. The molecule has 2 atom stereocenters. The zero-order chi connectivity index (χ0) is 14.8. The van der Waals surface area contributed by atoms with Gasteiger partial charge in [-0.25, -0.2) is 4.98 Å². The Morgan fingerprint density at radius 1 is 1.29 bits per heavy atom. The van der Waals surface area contributed by atoms with E-state index in [1.165, 1.54) is 10.6 Å². The van der Waals surface area contributed by atoms with E-state index in [9.17, 15) is 0 Å². The van der Waals surface area contributed by atoms with Gasteiger partial charge in [0.05, 0.1) is 5.69 Å². The summed E-state index contributed by atoms with van der Waals surface area (Å²) in [5.41, 5.74) is 8.15. The Hall–Kier alpha value is -1.04. The molecule has 2 unspecified atom stereocenters. The van der Waals surface area contributed by atoms with E-state index in [-0.39, 0.29) is 0 Å². The predicted octanol–water partition coefficient (Wildman–Crippen LogP) is 3.60. The minimum absolute atomic E-state index is 0.518. The fourth-order valence-electron chi connectivity index (χ4n) is 2.63. The first-order valence-electron chi connectivity index (χ1n) is 7.34.